The number of nitro groups is 1. The summed E-state index contributed by atoms with van der Waals surface area (Å²) in [6.45, 7) is 1.96. The highest BCUT2D eigenvalue weighted by atomic mass is 32.2. The zero-order valence-electron chi connectivity index (χ0n) is 16.6. The van der Waals surface area contributed by atoms with Crippen molar-refractivity contribution in [1.82, 2.24) is 25.0 Å². The average molecular weight is 434 g/mol. The van der Waals surface area contributed by atoms with Gasteiger partial charge in [0, 0.05) is 23.6 Å². The van der Waals surface area contributed by atoms with Gasteiger partial charge in [-0.1, -0.05) is 30.0 Å². The fourth-order valence-electron chi connectivity index (χ4n) is 3.17. The van der Waals surface area contributed by atoms with Crippen LogP contribution in [0.4, 0.5) is 5.69 Å². The number of non-ortho nitro benzene ring substituents is 1. The molecule has 4 aromatic rings. The summed E-state index contributed by atoms with van der Waals surface area (Å²) in [4.78, 5) is 15.1. The summed E-state index contributed by atoms with van der Waals surface area (Å²) in [5.74, 6) is 2.20. The number of hydrogen-bond donors (Lipinski definition) is 0. The first-order chi connectivity index (χ1) is 15.1. The van der Waals surface area contributed by atoms with E-state index < -0.39 is 4.92 Å². The SMILES string of the molecule is C[C@@H](Sc1nc(C2CC2)n(-c2ccccc2)n1)c1nnc(-c2ccc([N+](=O)[O-])cc2)o1. The quantitative estimate of drug-likeness (QED) is 0.228. The van der Waals surface area contributed by atoms with E-state index in [1.54, 1.807) is 12.1 Å². The number of nitrogens with zero attached hydrogens (tertiary/aromatic N) is 6. The Morgan fingerprint density at radius 3 is 2.55 bits per heavy atom. The molecule has 2 aromatic heterocycles. The maximum atomic E-state index is 10.8. The van der Waals surface area contributed by atoms with Crippen molar-refractivity contribution in [3.8, 4) is 17.1 Å². The molecule has 5 rings (SSSR count). The Labute approximate surface area is 181 Å². The lowest BCUT2D eigenvalue weighted by atomic mass is 10.2. The van der Waals surface area contributed by atoms with E-state index in [-0.39, 0.29) is 10.9 Å². The van der Waals surface area contributed by atoms with E-state index in [4.69, 9.17) is 14.5 Å². The second-order valence-corrected chi connectivity index (χ2v) is 8.59. The van der Waals surface area contributed by atoms with Gasteiger partial charge in [-0.15, -0.1) is 15.3 Å². The van der Waals surface area contributed by atoms with E-state index in [1.807, 2.05) is 41.9 Å². The van der Waals surface area contributed by atoms with Gasteiger partial charge in [0.05, 0.1) is 15.9 Å². The summed E-state index contributed by atoms with van der Waals surface area (Å²) in [5, 5.41) is 24.3. The van der Waals surface area contributed by atoms with Crippen LogP contribution in [-0.4, -0.2) is 29.9 Å². The van der Waals surface area contributed by atoms with Crippen LogP contribution in [0.2, 0.25) is 0 Å². The zero-order chi connectivity index (χ0) is 21.4. The Bertz CT molecular complexity index is 1220. The number of nitro benzene ring substituents is 1. The Balaban J connectivity index is 1.35. The smallest absolute Gasteiger partial charge is 0.269 e. The van der Waals surface area contributed by atoms with Crippen LogP contribution >= 0.6 is 11.8 Å². The molecule has 0 aliphatic heterocycles. The number of benzene rings is 2. The first-order valence-electron chi connectivity index (χ1n) is 9.86. The van der Waals surface area contributed by atoms with Crippen LogP contribution in [0.15, 0.2) is 64.2 Å². The third-order valence-electron chi connectivity index (χ3n) is 4.95. The first-order valence-corrected chi connectivity index (χ1v) is 10.7. The highest BCUT2D eigenvalue weighted by molar-refractivity contribution is 7.99. The second kappa shape index (κ2) is 7.95. The van der Waals surface area contributed by atoms with Gasteiger partial charge in [-0.2, -0.15) is 0 Å². The second-order valence-electron chi connectivity index (χ2n) is 7.28. The Morgan fingerprint density at radius 1 is 1.13 bits per heavy atom. The van der Waals surface area contributed by atoms with Crippen molar-refractivity contribution in [2.45, 2.75) is 36.1 Å². The minimum Gasteiger partial charge on any atom is -0.419 e. The minimum atomic E-state index is -0.445. The van der Waals surface area contributed by atoms with Crippen LogP contribution in [0.1, 0.15) is 42.6 Å². The predicted octanol–water partition coefficient (Wildman–Crippen LogP) is 4.96. The van der Waals surface area contributed by atoms with Gasteiger partial charge in [0.15, 0.2) is 0 Å². The normalized spacial score (nSPS) is 14.5. The van der Waals surface area contributed by atoms with Gasteiger partial charge >= 0.3 is 0 Å². The van der Waals surface area contributed by atoms with Crippen LogP contribution in [-0.2, 0) is 0 Å². The molecule has 0 saturated heterocycles. The molecule has 2 heterocycles. The Morgan fingerprint density at radius 2 is 1.87 bits per heavy atom. The van der Waals surface area contributed by atoms with Gasteiger partial charge in [0.25, 0.3) is 5.69 Å². The summed E-state index contributed by atoms with van der Waals surface area (Å²) in [6, 6.07) is 16.0. The van der Waals surface area contributed by atoms with Gasteiger partial charge in [-0.05, 0) is 44.0 Å². The molecule has 1 fully saturated rings. The molecule has 31 heavy (non-hydrogen) atoms. The third-order valence-corrected chi connectivity index (χ3v) is 5.89. The molecule has 0 amide bonds. The van der Waals surface area contributed by atoms with Crippen molar-refractivity contribution in [3.63, 3.8) is 0 Å². The largest absolute Gasteiger partial charge is 0.419 e. The third kappa shape index (κ3) is 4.06. The van der Waals surface area contributed by atoms with Gasteiger partial charge in [0.1, 0.15) is 5.82 Å². The van der Waals surface area contributed by atoms with Crippen molar-refractivity contribution in [3.05, 3.63) is 76.4 Å². The number of thioether (sulfide) groups is 1. The molecule has 10 heteroatoms. The highest BCUT2D eigenvalue weighted by Gasteiger charge is 2.31. The average Bonchev–Trinajstić information content (AvgIpc) is 3.36. The van der Waals surface area contributed by atoms with Crippen molar-refractivity contribution < 1.29 is 9.34 Å². The fourth-order valence-corrected chi connectivity index (χ4v) is 3.96. The maximum absolute atomic E-state index is 10.8. The number of rotatable bonds is 7. The molecule has 1 atom stereocenters. The number of hydrogen-bond acceptors (Lipinski definition) is 8. The standard InChI is InChI=1S/C21H18N6O3S/c1-13(19-23-24-20(30-19)15-9-11-17(12-10-15)27(28)29)31-21-22-18(14-7-8-14)26(25-21)16-5-3-2-4-6-16/h2-6,9-14H,7-8H2,1H3/t13-/m1/s1. The highest BCUT2D eigenvalue weighted by Crippen LogP contribution is 2.42. The molecule has 1 saturated carbocycles. The van der Waals surface area contributed by atoms with E-state index in [2.05, 4.69) is 10.2 Å². The van der Waals surface area contributed by atoms with E-state index in [1.165, 1.54) is 23.9 Å². The van der Waals surface area contributed by atoms with E-state index >= 15 is 0 Å². The lowest BCUT2D eigenvalue weighted by Gasteiger charge is -2.04. The topological polar surface area (TPSA) is 113 Å². The molecule has 156 valence electrons. The zero-order valence-corrected chi connectivity index (χ0v) is 17.4. The maximum Gasteiger partial charge on any atom is 0.269 e. The monoisotopic (exact) mass is 434 g/mol. The van der Waals surface area contributed by atoms with Crippen LogP contribution in [0.25, 0.3) is 17.1 Å². The van der Waals surface area contributed by atoms with Gasteiger partial charge in [-0.25, -0.2) is 9.67 Å². The van der Waals surface area contributed by atoms with E-state index in [0.29, 0.717) is 28.4 Å². The van der Waals surface area contributed by atoms with Crippen LogP contribution < -0.4 is 0 Å². The fraction of sp³-hybridized carbons (Fsp3) is 0.238. The molecule has 0 spiro atoms. The van der Waals surface area contributed by atoms with E-state index in [0.717, 1.165) is 24.4 Å². The number of para-hydroxylation sites is 1. The first kappa shape index (κ1) is 19.4. The van der Waals surface area contributed by atoms with E-state index in [9.17, 15) is 10.1 Å². The minimum absolute atomic E-state index is 0.0129. The van der Waals surface area contributed by atoms with Crippen LogP contribution in [0.3, 0.4) is 0 Å². The molecule has 1 aliphatic carbocycles. The van der Waals surface area contributed by atoms with Crippen LogP contribution in [0, 0.1) is 10.1 Å². The van der Waals surface area contributed by atoms with Crippen molar-refractivity contribution in [2.75, 3.05) is 0 Å². The molecule has 0 N–H and O–H groups in total. The Kier molecular flexibility index (Phi) is 4.99. The molecule has 1 aliphatic rings. The lowest BCUT2D eigenvalue weighted by molar-refractivity contribution is -0.384. The van der Waals surface area contributed by atoms with Gasteiger partial charge in [-0.3, -0.25) is 10.1 Å². The van der Waals surface area contributed by atoms with Crippen molar-refractivity contribution in [2.24, 2.45) is 0 Å². The molecule has 0 bridgehead atoms. The molecule has 2 aromatic carbocycles. The Hall–Kier alpha value is -3.53. The predicted molar refractivity (Wildman–Crippen MR) is 114 cm³/mol. The summed E-state index contributed by atoms with van der Waals surface area (Å²) in [7, 11) is 0. The van der Waals surface area contributed by atoms with Crippen molar-refractivity contribution >= 4 is 17.4 Å². The van der Waals surface area contributed by atoms with Crippen LogP contribution in [0.5, 0.6) is 0 Å². The molecule has 0 unspecified atom stereocenters. The number of aromatic nitrogens is 5. The lowest BCUT2D eigenvalue weighted by Crippen LogP contribution is -2.01. The van der Waals surface area contributed by atoms with Gasteiger partial charge < -0.3 is 4.42 Å². The molecular formula is C21H18N6O3S. The summed E-state index contributed by atoms with van der Waals surface area (Å²) in [5.41, 5.74) is 1.64. The summed E-state index contributed by atoms with van der Waals surface area (Å²) < 4.78 is 7.73. The molecule has 0 radical (unpaired) electrons. The summed E-state index contributed by atoms with van der Waals surface area (Å²) in [6.07, 6.45) is 2.26. The summed E-state index contributed by atoms with van der Waals surface area (Å²) >= 11 is 1.46. The molecular weight excluding hydrogens is 416 g/mol. The van der Waals surface area contributed by atoms with Crippen molar-refractivity contribution in [1.29, 1.82) is 0 Å². The van der Waals surface area contributed by atoms with Gasteiger partial charge in [0.2, 0.25) is 16.9 Å². The molecule has 9 nitrogen and oxygen atoms in total.